The van der Waals surface area contributed by atoms with E-state index >= 15 is 0 Å². The fraction of sp³-hybridized carbons (Fsp3) is 0.500. The van der Waals surface area contributed by atoms with Crippen LogP contribution in [-0.2, 0) is 25.7 Å². The van der Waals surface area contributed by atoms with E-state index in [4.69, 9.17) is 4.74 Å². The summed E-state index contributed by atoms with van der Waals surface area (Å²) in [6, 6.07) is 6.98. The van der Waals surface area contributed by atoms with E-state index < -0.39 is 30.0 Å². The van der Waals surface area contributed by atoms with Gasteiger partial charge in [-0.2, -0.15) is 0 Å². The van der Waals surface area contributed by atoms with E-state index in [0.717, 1.165) is 28.9 Å². The molecule has 1 aromatic rings. The molecule has 1 saturated heterocycles. The Morgan fingerprint density at radius 3 is 2.54 bits per heavy atom. The Kier molecular flexibility index (Phi) is 5.67. The van der Waals surface area contributed by atoms with Gasteiger partial charge in [0.25, 0.3) is 5.91 Å². The van der Waals surface area contributed by atoms with E-state index in [1.54, 1.807) is 0 Å². The topological polar surface area (TPSA) is 96.0 Å². The summed E-state index contributed by atoms with van der Waals surface area (Å²) in [7, 11) is 1.25. The molecule has 1 aliphatic heterocycles. The minimum absolute atomic E-state index is 0.190. The molecule has 8 nitrogen and oxygen atoms in total. The van der Waals surface area contributed by atoms with Crippen LogP contribution in [0.4, 0.5) is 4.79 Å². The van der Waals surface area contributed by atoms with Crippen LogP contribution in [0, 0.1) is 6.92 Å². The number of urea groups is 1. The maximum Gasteiger partial charge on any atom is 0.325 e. The van der Waals surface area contributed by atoms with Gasteiger partial charge in [-0.3, -0.25) is 19.3 Å². The average Bonchev–Trinajstić information content (AvgIpc) is 3.23. The molecule has 0 radical (unpaired) electrons. The van der Waals surface area contributed by atoms with Crippen LogP contribution < -0.4 is 5.32 Å². The van der Waals surface area contributed by atoms with Gasteiger partial charge in [-0.1, -0.05) is 37.1 Å². The Hall–Kier alpha value is -2.90. The molecule has 0 aromatic heterocycles. The molecule has 1 N–H and O–H groups in total. The van der Waals surface area contributed by atoms with Crippen molar-refractivity contribution in [2.75, 3.05) is 20.2 Å². The lowest BCUT2D eigenvalue weighted by atomic mass is 9.98. The number of rotatable bonds is 6. The largest absolute Gasteiger partial charge is 0.468 e. The first-order chi connectivity index (χ1) is 13.4. The maximum atomic E-state index is 12.9. The molecule has 1 heterocycles. The van der Waals surface area contributed by atoms with Gasteiger partial charge in [-0.15, -0.1) is 0 Å². The zero-order chi connectivity index (χ0) is 20.3. The molecule has 4 amide bonds. The highest BCUT2D eigenvalue weighted by Crippen LogP contribution is 2.35. The molecule has 1 aromatic carbocycles. The number of carbonyl (C=O) groups excluding carboxylic acids is 4. The molecular weight excluding hydrogens is 362 g/mol. The van der Waals surface area contributed by atoms with E-state index in [1.165, 1.54) is 12.0 Å². The number of imide groups is 1. The second-order valence-electron chi connectivity index (χ2n) is 7.36. The molecule has 1 aliphatic carbocycles. The summed E-state index contributed by atoms with van der Waals surface area (Å²) in [5.41, 5.74) is 0.995. The lowest BCUT2D eigenvalue weighted by Gasteiger charge is -2.25. The molecule has 3 rings (SSSR count). The van der Waals surface area contributed by atoms with Crippen LogP contribution >= 0.6 is 0 Å². The zero-order valence-electron chi connectivity index (χ0n) is 16.2. The van der Waals surface area contributed by atoms with Gasteiger partial charge in [0.15, 0.2) is 0 Å². The van der Waals surface area contributed by atoms with E-state index in [9.17, 15) is 19.2 Å². The predicted molar refractivity (Wildman–Crippen MR) is 100 cm³/mol. The first-order valence-corrected chi connectivity index (χ1v) is 9.39. The first kappa shape index (κ1) is 19.9. The molecule has 2 fully saturated rings. The van der Waals surface area contributed by atoms with E-state index in [2.05, 4.69) is 5.32 Å². The Balaban J connectivity index is 1.75. The SMILES string of the molecule is COC(=O)CN(Cc1ccccc1C)C(=O)CN1C(=O)NC2(CCCC2)C1=O. The lowest BCUT2D eigenvalue weighted by molar-refractivity contribution is -0.148. The molecule has 0 unspecified atom stereocenters. The van der Waals surface area contributed by atoms with Gasteiger partial charge in [-0.25, -0.2) is 4.79 Å². The van der Waals surface area contributed by atoms with Gasteiger partial charge in [0.05, 0.1) is 7.11 Å². The highest BCUT2D eigenvalue weighted by molar-refractivity contribution is 6.09. The number of carbonyl (C=O) groups is 4. The molecule has 150 valence electrons. The number of nitrogens with zero attached hydrogens (tertiary/aromatic N) is 2. The molecular formula is C20H25N3O5. The number of esters is 1. The number of hydrogen-bond donors (Lipinski definition) is 1. The van der Waals surface area contributed by atoms with Gasteiger partial charge in [0.2, 0.25) is 5.91 Å². The summed E-state index contributed by atoms with van der Waals surface area (Å²) in [6.45, 7) is 1.46. The molecule has 8 heteroatoms. The van der Waals surface area contributed by atoms with Crippen molar-refractivity contribution in [3.05, 3.63) is 35.4 Å². The summed E-state index contributed by atoms with van der Waals surface area (Å²) in [5.74, 6) is -1.39. The third-order valence-electron chi connectivity index (χ3n) is 5.52. The number of ether oxygens (including phenoxy) is 1. The summed E-state index contributed by atoms with van der Waals surface area (Å²) in [4.78, 5) is 52.1. The fourth-order valence-corrected chi connectivity index (χ4v) is 3.82. The lowest BCUT2D eigenvalue weighted by Crippen LogP contribution is -2.46. The van der Waals surface area contributed by atoms with Crippen molar-refractivity contribution in [1.82, 2.24) is 15.1 Å². The molecule has 0 bridgehead atoms. The third-order valence-corrected chi connectivity index (χ3v) is 5.52. The molecule has 1 saturated carbocycles. The molecule has 28 heavy (non-hydrogen) atoms. The Labute approximate surface area is 163 Å². The minimum atomic E-state index is -0.861. The molecule has 2 aliphatic rings. The second kappa shape index (κ2) is 8.00. The Morgan fingerprint density at radius 2 is 1.89 bits per heavy atom. The van der Waals surface area contributed by atoms with Crippen molar-refractivity contribution in [3.63, 3.8) is 0 Å². The van der Waals surface area contributed by atoms with Crippen molar-refractivity contribution in [2.24, 2.45) is 0 Å². The second-order valence-corrected chi connectivity index (χ2v) is 7.36. The van der Waals surface area contributed by atoms with E-state index in [-0.39, 0.29) is 19.0 Å². The van der Waals surface area contributed by atoms with Crippen molar-refractivity contribution in [2.45, 2.75) is 44.7 Å². The quantitative estimate of drug-likeness (QED) is 0.587. The number of nitrogens with one attached hydrogen (secondary N) is 1. The monoisotopic (exact) mass is 387 g/mol. The predicted octanol–water partition coefficient (Wildman–Crippen LogP) is 1.36. The highest BCUT2D eigenvalue weighted by Gasteiger charge is 2.52. The van der Waals surface area contributed by atoms with Crippen LogP contribution in [0.2, 0.25) is 0 Å². The van der Waals surface area contributed by atoms with Crippen LogP contribution in [0.25, 0.3) is 0 Å². The van der Waals surface area contributed by atoms with Gasteiger partial charge in [0.1, 0.15) is 18.6 Å². The summed E-state index contributed by atoms with van der Waals surface area (Å²) in [5, 5.41) is 2.76. The van der Waals surface area contributed by atoms with Crippen LogP contribution in [0.5, 0.6) is 0 Å². The standard InChI is InChI=1S/C20H25N3O5/c1-14-7-3-4-8-15(14)11-22(13-17(25)28-2)16(24)12-23-18(26)20(21-19(23)27)9-5-6-10-20/h3-4,7-8H,5-6,9-13H2,1-2H3,(H,21,27). The van der Waals surface area contributed by atoms with Crippen LogP contribution in [0.3, 0.4) is 0 Å². The average molecular weight is 387 g/mol. The van der Waals surface area contributed by atoms with Gasteiger partial charge in [-0.05, 0) is 30.9 Å². The summed E-state index contributed by atoms with van der Waals surface area (Å²) < 4.78 is 4.69. The number of hydrogen-bond acceptors (Lipinski definition) is 5. The van der Waals surface area contributed by atoms with Gasteiger partial charge >= 0.3 is 12.0 Å². The first-order valence-electron chi connectivity index (χ1n) is 9.39. The zero-order valence-corrected chi connectivity index (χ0v) is 16.2. The summed E-state index contributed by atoms with van der Waals surface area (Å²) >= 11 is 0. The summed E-state index contributed by atoms with van der Waals surface area (Å²) in [6.07, 6.45) is 2.93. The van der Waals surface area contributed by atoms with Crippen molar-refractivity contribution >= 4 is 23.8 Å². The van der Waals surface area contributed by atoms with Crippen LogP contribution in [0.15, 0.2) is 24.3 Å². The number of amides is 4. The van der Waals surface area contributed by atoms with E-state index in [0.29, 0.717) is 12.8 Å². The Bertz CT molecular complexity index is 801. The van der Waals surface area contributed by atoms with Gasteiger partial charge in [0, 0.05) is 6.54 Å². The third kappa shape index (κ3) is 3.85. The highest BCUT2D eigenvalue weighted by atomic mass is 16.5. The van der Waals surface area contributed by atoms with E-state index in [1.807, 2.05) is 31.2 Å². The van der Waals surface area contributed by atoms with Crippen molar-refractivity contribution in [3.8, 4) is 0 Å². The smallest absolute Gasteiger partial charge is 0.325 e. The number of methoxy groups -OCH3 is 1. The fourth-order valence-electron chi connectivity index (χ4n) is 3.82. The normalized spacial score (nSPS) is 17.7. The van der Waals surface area contributed by atoms with Gasteiger partial charge < -0.3 is 15.0 Å². The molecule has 1 spiro atoms. The van der Waals surface area contributed by atoms with Crippen molar-refractivity contribution < 1.29 is 23.9 Å². The maximum absolute atomic E-state index is 12.9. The molecule has 0 atom stereocenters. The minimum Gasteiger partial charge on any atom is -0.468 e. The van der Waals surface area contributed by atoms with Crippen LogP contribution in [-0.4, -0.2) is 59.4 Å². The number of aryl methyl sites for hydroxylation is 1. The van der Waals surface area contributed by atoms with Crippen LogP contribution in [0.1, 0.15) is 36.8 Å². The Morgan fingerprint density at radius 1 is 1.21 bits per heavy atom. The number of benzene rings is 1. The van der Waals surface area contributed by atoms with Crippen molar-refractivity contribution in [1.29, 1.82) is 0 Å².